The van der Waals surface area contributed by atoms with Gasteiger partial charge in [0.15, 0.2) is 0 Å². The standard InChI is InChI=1S/C22H22F3N3O3/c23-22(24,25)19-7-6-16(13-26-19)20(29)27-10-8-17(9-11-27)28-18(14-31-21(28)30)12-15-4-2-1-3-5-15/h1-7,13,17-18H,8-12,14H2/t18-/m0/s1. The van der Waals surface area contributed by atoms with E-state index < -0.39 is 11.9 Å². The van der Waals surface area contributed by atoms with Gasteiger partial charge in [0.1, 0.15) is 12.3 Å². The van der Waals surface area contributed by atoms with E-state index in [2.05, 4.69) is 4.98 Å². The van der Waals surface area contributed by atoms with Crippen LogP contribution in [0.25, 0.3) is 0 Å². The molecule has 0 spiro atoms. The normalized spacial score (nSPS) is 20.1. The van der Waals surface area contributed by atoms with E-state index in [4.69, 9.17) is 4.74 Å². The summed E-state index contributed by atoms with van der Waals surface area (Å²) in [6.45, 7) is 1.16. The van der Waals surface area contributed by atoms with Crippen molar-refractivity contribution >= 4 is 12.0 Å². The van der Waals surface area contributed by atoms with Gasteiger partial charge < -0.3 is 9.64 Å². The van der Waals surface area contributed by atoms with Gasteiger partial charge >= 0.3 is 12.3 Å². The van der Waals surface area contributed by atoms with Crippen LogP contribution in [-0.4, -0.2) is 58.6 Å². The Morgan fingerprint density at radius 1 is 1.10 bits per heavy atom. The average Bonchev–Trinajstić information content (AvgIpc) is 3.13. The zero-order valence-electron chi connectivity index (χ0n) is 16.7. The van der Waals surface area contributed by atoms with Crippen molar-refractivity contribution in [3.05, 3.63) is 65.5 Å². The van der Waals surface area contributed by atoms with Gasteiger partial charge in [0.25, 0.3) is 5.91 Å². The molecule has 2 aromatic rings. The summed E-state index contributed by atoms with van der Waals surface area (Å²) in [5, 5.41) is 0. The van der Waals surface area contributed by atoms with Crippen molar-refractivity contribution < 1.29 is 27.5 Å². The highest BCUT2D eigenvalue weighted by molar-refractivity contribution is 5.94. The van der Waals surface area contributed by atoms with Gasteiger partial charge in [-0.05, 0) is 37.0 Å². The second-order valence-electron chi connectivity index (χ2n) is 7.78. The van der Waals surface area contributed by atoms with E-state index in [1.165, 1.54) is 0 Å². The molecule has 4 rings (SSSR count). The van der Waals surface area contributed by atoms with Crippen molar-refractivity contribution in [1.29, 1.82) is 0 Å². The summed E-state index contributed by atoms with van der Waals surface area (Å²) in [7, 11) is 0. The number of amides is 2. The van der Waals surface area contributed by atoms with Crippen LogP contribution in [0.2, 0.25) is 0 Å². The Labute approximate surface area is 177 Å². The first-order valence-electron chi connectivity index (χ1n) is 10.1. The summed E-state index contributed by atoms with van der Waals surface area (Å²) in [6.07, 6.45) is -2.05. The largest absolute Gasteiger partial charge is 0.447 e. The molecule has 2 aliphatic rings. The number of alkyl halides is 3. The lowest BCUT2D eigenvalue weighted by atomic mass is 9.99. The molecule has 0 radical (unpaired) electrons. The number of likely N-dealkylation sites (tertiary alicyclic amines) is 1. The minimum Gasteiger partial charge on any atom is -0.447 e. The number of carbonyl (C=O) groups excluding carboxylic acids is 2. The maximum Gasteiger partial charge on any atom is 0.433 e. The fourth-order valence-electron chi connectivity index (χ4n) is 4.18. The van der Waals surface area contributed by atoms with Crippen LogP contribution in [-0.2, 0) is 17.3 Å². The predicted octanol–water partition coefficient (Wildman–Crippen LogP) is 3.77. The molecular formula is C22H22F3N3O3. The molecule has 6 nitrogen and oxygen atoms in total. The molecule has 0 bridgehead atoms. The maximum atomic E-state index is 12.7. The molecule has 2 saturated heterocycles. The number of rotatable bonds is 4. The second kappa shape index (κ2) is 8.56. The number of nitrogens with zero attached hydrogens (tertiary/aromatic N) is 3. The highest BCUT2D eigenvalue weighted by atomic mass is 19.4. The third kappa shape index (κ3) is 4.65. The first-order chi connectivity index (χ1) is 14.8. The van der Waals surface area contributed by atoms with Gasteiger partial charge in [-0.15, -0.1) is 0 Å². The summed E-state index contributed by atoms with van der Waals surface area (Å²) in [4.78, 5) is 31.7. The van der Waals surface area contributed by atoms with E-state index in [1.54, 1.807) is 9.80 Å². The molecule has 1 atom stereocenters. The summed E-state index contributed by atoms with van der Waals surface area (Å²) < 4.78 is 43.3. The number of hydrogen-bond donors (Lipinski definition) is 0. The van der Waals surface area contributed by atoms with Crippen LogP contribution in [0, 0.1) is 0 Å². The van der Waals surface area contributed by atoms with E-state index >= 15 is 0 Å². The average molecular weight is 433 g/mol. The molecule has 0 unspecified atom stereocenters. The molecule has 2 aliphatic heterocycles. The SMILES string of the molecule is O=C(c1ccc(C(F)(F)F)nc1)N1CCC(N2C(=O)OC[C@@H]2Cc2ccccc2)CC1. The van der Waals surface area contributed by atoms with Crippen LogP contribution in [0.1, 0.15) is 34.5 Å². The van der Waals surface area contributed by atoms with Gasteiger partial charge in [-0.2, -0.15) is 13.2 Å². The van der Waals surface area contributed by atoms with Crippen LogP contribution < -0.4 is 0 Å². The maximum absolute atomic E-state index is 12.7. The third-order valence-corrected chi connectivity index (χ3v) is 5.76. The highest BCUT2D eigenvalue weighted by Crippen LogP contribution is 2.28. The number of benzene rings is 1. The minimum absolute atomic E-state index is 0.0431. The number of piperidine rings is 1. The quantitative estimate of drug-likeness (QED) is 0.737. The number of carbonyl (C=O) groups is 2. The number of aromatic nitrogens is 1. The van der Waals surface area contributed by atoms with Gasteiger partial charge in [0.2, 0.25) is 0 Å². The van der Waals surface area contributed by atoms with E-state index in [0.717, 1.165) is 23.9 Å². The van der Waals surface area contributed by atoms with Crippen LogP contribution in [0.3, 0.4) is 0 Å². The number of halogens is 3. The van der Waals surface area contributed by atoms with Crippen LogP contribution in [0.15, 0.2) is 48.7 Å². The predicted molar refractivity (Wildman–Crippen MR) is 105 cm³/mol. The Hall–Kier alpha value is -3.10. The Morgan fingerprint density at radius 2 is 1.81 bits per heavy atom. The Bertz CT molecular complexity index is 927. The van der Waals surface area contributed by atoms with Crippen molar-refractivity contribution in [2.45, 2.75) is 37.5 Å². The van der Waals surface area contributed by atoms with E-state index in [1.807, 2.05) is 30.3 Å². The van der Waals surface area contributed by atoms with Gasteiger partial charge in [-0.1, -0.05) is 30.3 Å². The topological polar surface area (TPSA) is 62.7 Å². The first kappa shape index (κ1) is 21.1. The zero-order valence-corrected chi connectivity index (χ0v) is 16.7. The molecule has 2 amide bonds. The summed E-state index contributed by atoms with van der Waals surface area (Å²) >= 11 is 0. The monoisotopic (exact) mass is 433 g/mol. The third-order valence-electron chi connectivity index (χ3n) is 5.76. The summed E-state index contributed by atoms with van der Waals surface area (Å²) in [5.41, 5.74) is 0.215. The molecule has 31 heavy (non-hydrogen) atoms. The van der Waals surface area contributed by atoms with Crippen molar-refractivity contribution in [2.75, 3.05) is 19.7 Å². The van der Waals surface area contributed by atoms with Crippen LogP contribution >= 0.6 is 0 Å². The van der Waals surface area contributed by atoms with E-state index in [-0.39, 0.29) is 29.6 Å². The molecule has 0 N–H and O–H groups in total. The molecule has 2 fully saturated rings. The number of pyridine rings is 1. The molecule has 164 valence electrons. The number of hydrogen-bond acceptors (Lipinski definition) is 4. The lowest BCUT2D eigenvalue weighted by molar-refractivity contribution is -0.141. The highest BCUT2D eigenvalue weighted by Gasteiger charge is 2.40. The smallest absolute Gasteiger partial charge is 0.433 e. The van der Waals surface area contributed by atoms with E-state index in [9.17, 15) is 22.8 Å². The molecule has 1 aromatic carbocycles. The first-order valence-corrected chi connectivity index (χ1v) is 10.1. The fraction of sp³-hybridized carbons (Fsp3) is 0.409. The van der Waals surface area contributed by atoms with Gasteiger partial charge in [0, 0.05) is 25.3 Å². The summed E-state index contributed by atoms with van der Waals surface area (Å²) in [5.74, 6) is -0.357. The molecule has 0 saturated carbocycles. The van der Waals surface area contributed by atoms with E-state index in [0.29, 0.717) is 39.0 Å². The zero-order chi connectivity index (χ0) is 22.0. The molecule has 1 aromatic heterocycles. The molecule has 9 heteroatoms. The minimum atomic E-state index is -4.54. The lowest BCUT2D eigenvalue weighted by Crippen LogP contribution is -2.50. The second-order valence-corrected chi connectivity index (χ2v) is 7.78. The fourth-order valence-corrected chi connectivity index (χ4v) is 4.18. The van der Waals surface area contributed by atoms with Gasteiger partial charge in [0.05, 0.1) is 11.6 Å². The van der Waals surface area contributed by atoms with Gasteiger partial charge in [-0.25, -0.2) is 4.79 Å². The van der Waals surface area contributed by atoms with Crippen molar-refractivity contribution in [2.24, 2.45) is 0 Å². The van der Waals surface area contributed by atoms with Crippen LogP contribution in [0.5, 0.6) is 0 Å². The Kier molecular flexibility index (Phi) is 5.84. The number of ether oxygens (including phenoxy) is 1. The molecule has 3 heterocycles. The molecular weight excluding hydrogens is 411 g/mol. The Balaban J connectivity index is 1.37. The van der Waals surface area contributed by atoms with Crippen molar-refractivity contribution in [1.82, 2.24) is 14.8 Å². The lowest BCUT2D eigenvalue weighted by Gasteiger charge is -2.38. The van der Waals surface area contributed by atoms with Crippen LogP contribution in [0.4, 0.5) is 18.0 Å². The Morgan fingerprint density at radius 3 is 2.42 bits per heavy atom. The molecule has 0 aliphatic carbocycles. The van der Waals surface area contributed by atoms with Gasteiger partial charge in [-0.3, -0.25) is 14.7 Å². The van der Waals surface area contributed by atoms with Crippen molar-refractivity contribution in [3.8, 4) is 0 Å². The summed E-state index contributed by atoms with van der Waals surface area (Å²) in [6, 6.07) is 11.7. The van der Waals surface area contributed by atoms with Crippen molar-refractivity contribution in [3.63, 3.8) is 0 Å². The number of cyclic esters (lactones) is 1.